The summed E-state index contributed by atoms with van der Waals surface area (Å²) in [6.07, 6.45) is 2.22. The molecule has 1 heterocycles. The van der Waals surface area contributed by atoms with Crippen LogP contribution in [0.15, 0.2) is 21.5 Å². The lowest BCUT2D eigenvalue weighted by Crippen LogP contribution is -2.11. The Balaban J connectivity index is 2.99. The molecule has 0 saturated heterocycles. The Bertz CT molecular complexity index is 418. The lowest BCUT2D eigenvalue weighted by molar-refractivity contribution is -0.107. The van der Waals surface area contributed by atoms with Crippen LogP contribution in [0, 0.1) is 0 Å². The summed E-state index contributed by atoms with van der Waals surface area (Å²) in [4.78, 5) is 32.4. The molecule has 0 radical (unpaired) electrons. The van der Waals surface area contributed by atoms with Crippen LogP contribution in [0.1, 0.15) is 22.3 Å². The van der Waals surface area contributed by atoms with Gasteiger partial charge in [0.05, 0.1) is 12.7 Å². The summed E-state index contributed by atoms with van der Waals surface area (Å²) in [6, 6.07) is 1.38. The second kappa shape index (κ2) is 5.09. The van der Waals surface area contributed by atoms with Gasteiger partial charge in [0.25, 0.3) is 0 Å². The van der Waals surface area contributed by atoms with E-state index in [-0.39, 0.29) is 18.4 Å². The highest BCUT2D eigenvalue weighted by Gasteiger charge is 2.10. The minimum Gasteiger partial charge on any atom is -0.465 e. The van der Waals surface area contributed by atoms with Crippen molar-refractivity contribution < 1.29 is 18.7 Å². The van der Waals surface area contributed by atoms with E-state index in [1.165, 1.54) is 13.2 Å². The molecule has 0 fully saturated rings. The summed E-state index contributed by atoms with van der Waals surface area (Å²) in [7, 11) is 1.23. The fourth-order valence-electron chi connectivity index (χ4n) is 1.09. The van der Waals surface area contributed by atoms with Crippen molar-refractivity contribution in [2.75, 3.05) is 7.11 Å². The van der Waals surface area contributed by atoms with Gasteiger partial charge in [0.2, 0.25) is 0 Å². The molecule has 0 atom stereocenters. The molecular weight excluding hydrogens is 200 g/mol. The number of rotatable bonds is 4. The topological polar surface area (TPSA) is 73.6 Å². The summed E-state index contributed by atoms with van der Waals surface area (Å²) in [5, 5.41) is 0. The predicted molar refractivity (Wildman–Crippen MR) is 50.7 cm³/mol. The van der Waals surface area contributed by atoms with Crippen molar-refractivity contribution in [2.24, 2.45) is 0 Å². The Morgan fingerprint density at radius 2 is 2.33 bits per heavy atom. The quantitative estimate of drug-likeness (QED) is 0.536. The summed E-state index contributed by atoms with van der Waals surface area (Å²) < 4.78 is 9.10. The molecule has 5 heteroatoms. The van der Waals surface area contributed by atoms with Crippen molar-refractivity contribution in [1.82, 2.24) is 0 Å². The maximum Gasteiger partial charge on any atom is 0.341 e. The van der Waals surface area contributed by atoms with E-state index in [1.54, 1.807) is 0 Å². The second-order valence-corrected chi connectivity index (χ2v) is 2.85. The maximum atomic E-state index is 11.2. The summed E-state index contributed by atoms with van der Waals surface area (Å²) >= 11 is 0. The first kappa shape index (κ1) is 11.2. The molecule has 0 spiro atoms. The van der Waals surface area contributed by atoms with Gasteiger partial charge in [-0.3, -0.25) is 0 Å². The van der Waals surface area contributed by atoms with E-state index < -0.39 is 11.6 Å². The first-order valence-electron chi connectivity index (χ1n) is 4.32. The molecule has 15 heavy (non-hydrogen) atoms. The van der Waals surface area contributed by atoms with E-state index >= 15 is 0 Å². The SMILES string of the molecule is COC(=O)c1coc(=O)c(CCC=O)c1. The molecule has 0 N–H and O–H groups in total. The van der Waals surface area contributed by atoms with Crippen molar-refractivity contribution in [3.8, 4) is 0 Å². The second-order valence-electron chi connectivity index (χ2n) is 2.85. The average Bonchev–Trinajstić information content (AvgIpc) is 2.27. The van der Waals surface area contributed by atoms with E-state index in [0.29, 0.717) is 11.8 Å². The number of ether oxygens (including phenoxy) is 1. The zero-order chi connectivity index (χ0) is 11.3. The van der Waals surface area contributed by atoms with E-state index in [1.807, 2.05) is 0 Å². The van der Waals surface area contributed by atoms with Gasteiger partial charge in [0.15, 0.2) is 0 Å². The molecule has 80 valence electrons. The molecule has 1 aromatic heterocycles. The van der Waals surface area contributed by atoms with E-state index in [9.17, 15) is 14.4 Å². The number of methoxy groups -OCH3 is 1. The van der Waals surface area contributed by atoms with Gasteiger partial charge in [-0.2, -0.15) is 0 Å². The molecule has 0 aliphatic carbocycles. The molecule has 0 aromatic carbocycles. The molecule has 0 aliphatic rings. The van der Waals surface area contributed by atoms with Gasteiger partial charge >= 0.3 is 11.6 Å². The Morgan fingerprint density at radius 1 is 1.60 bits per heavy atom. The minimum atomic E-state index is -0.578. The summed E-state index contributed by atoms with van der Waals surface area (Å²) in [5.74, 6) is -0.578. The van der Waals surface area contributed by atoms with Crippen molar-refractivity contribution in [3.05, 3.63) is 33.9 Å². The van der Waals surface area contributed by atoms with Gasteiger partial charge in [0, 0.05) is 12.0 Å². The first-order valence-corrected chi connectivity index (χ1v) is 4.32. The van der Waals surface area contributed by atoms with E-state index in [2.05, 4.69) is 9.15 Å². The molecular formula is C10H10O5. The predicted octanol–water partition coefficient (Wildman–Crippen LogP) is 0.558. The Kier molecular flexibility index (Phi) is 3.79. The Hall–Kier alpha value is -1.91. The summed E-state index contributed by atoms with van der Waals surface area (Å²) in [5.41, 5.74) is -0.0764. The van der Waals surface area contributed by atoms with Crippen molar-refractivity contribution in [2.45, 2.75) is 12.8 Å². The number of hydrogen-bond acceptors (Lipinski definition) is 5. The third-order valence-electron chi connectivity index (χ3n) is 1.84. The number of aldehydes is 1. The zero-order valence-corrected chi connectivity index (χ0v) is 8.19. The molecule has 0 amide bonds. The highest BCUT2D eigenvalue weighted by molar-refractivity contribution is 5.88. The molecule has 0 aliphatic heterocycles. The fraction of sp³-hybridized carbons (Fsp3) is 0.300. The fourth-order valence-corrected chi connectivity index (χ4v) is 1.09. The average molecular weight is 210 g/mol. The third kappa shape index (κ3) is 2.77. The van der Waals surface area contributed by atoms with Gasteiger partial charge < -0.3 is 13.9 Å². The van der Waals surface area contributed by atoms with Crippen LogP contribution < -0.4 is 5.63 Å². The van der Waals surface area contributed by atoms with Gasteiger partial charge in [-0.1, -0.05) is 0 Å². The third-order valence-corrected chi connectivity index (χ3v) is 1.84. The highest BCUT2D eigenvalue weighted by atomic mass is 16.5. The molecule has 5 nitrogen and oxygen atoms in total. The summed E-state index contributed by atoms with van der Waals surface area (Å²) in [6.45, 7) is 0. The van der Waals surface area contributed by atoms with Crippen LogP contribution in [0.2, 0.25) is 0 Å². The van der Waals surface area contributed by atoms with Crippen LogP contribution in [0.4, 0.5) is 0 Å². The number of aryl methyl sites for hydroxylation is 1. The van der Waals surface area contributed by atoms with Gasteiger partial charge in [-0.25, -0.2) is 9.59 Å². The van der Waals surface area contributed by atoms with Crippen molar-refractivity contribution in [3.63, 3.8) is 0 Å². The lowest BCUT2D eigenvalue weighted by atomic mass is 10.1. The first-order chi connectivity index (χ1) is 7.19. The normalized spacial score (nSPS) is 9.67. The number of esters is 1. The van der Waals surface area contributed by atoms with Crippen LogP contribution in [-0.2, 0) is 16.0 Å². The lowest BCUT2D eigenvalue weighted by Gasteiger charge is -2.00. The molecule has 0 unspecified atom stereocenters. The van der Waals surface area contributed by atoms with Crippen LogP contribution in [0.5, 0.6) is 0 Å². The van der Waals surface area contributed by atoms with Crippen LogP contribution in [0.25, 0.3) is 0 Å². The monoisotopic (exact) mass is 210 g/mol. The molecule has 1 rings (SSSR count). The van der Waals surface area contributed by atoms with E-state index in [4.69, 9.17) is 0 Å². The van der Waals surface area contributed by atoms with Crippen LogP contribution in [0.3, 0.4) is 0 Å². The number of hydrogen-bond donors (Lipinski definition) is 0. The van der Waals surface area contributed by atoms with Gasteiger partial charge in [-0.15, -0.1) is 0 Å². The smallest absolute Gasteiger partial charge is 0.341 e. The van der Waals surface area contributed by atoms with E-state index in [0.717, 1.165) is 6.26 Å². The molecule has 0 bridgehead atoms. The Labute approximate surface area is 85.7 Å². The standard InChI is InChI=1S/C10H10O5/c1-14-9(12)8-5-7(3-2-4-11)10(13)15-6-8/h4-6H,2-3H2,1H3. The number of carbonyl (C=O) groups is 2. The minimum absolute atomic E-state index is 0.165. The van der Waals surface area contributed by atoms with Crippen molar-refractivity contribution >= 4 is 12.3 Å². The van der Waals surface area contributed by atoms with Crippen molar-refractivity contribution in [1.29, 1.82) is 0 Å². The Morgan fingerprint density at radius 3 is 2.93 bits per heavy atom. The molecule has 1 aromatic rings. The highest BCUT2D eigenvalue weighted by Crippen LogP contribution is 2.03. The molecule has 0 saturated carbocycles. The van der Waals surface area contributed by atoms with Crippen LogP contribution in [-0.4, -0.2) is 19.4 Å². The van der Waals surface area contributed by atoms with Gasteiger partial charge in [-0.05, 0) is 12.5 Å². The van der Waals surface area contributed by atoms with Gasteiger partial charge in [0.1, 0.15) is 12.5 Å². The zero-order valence-electron chi connectivity index (χ0n) is 8.19. The van der Waals surface area contributed by atoms with Crippen LogP contribution >= 0.6 is 0 Å². The largest absolute Gasteiger partial charge is 0.465 e. The maximum absolute atomic E-state index is 11.2. The number of carbonyl (C=O) groups excluding carboxylic acids is 2.